The van der Waals surface area contributed by atoms with Crippen molar-refractivity contribution in [3.8, 4) is 5.75 Å². The van der Waals surface area contributed by atoms with Gasteiger partial charge in [-0.3, -0.25) is 14.5 Å². The molecule has 2 aliphatic rings. The number of anilines is 2. The molecule has 174 valence electrons. The zero-order valence-corrected chi connectivity index (χ0v) is 19.7. The smallest absolute Gasteiger partial charge is 0.274 e. The lowest BCUT2D eigenvalue weighted by Crippen LogP contribution is -2.54. The molecule has 0 aliphatic carbocycles. The van der Waals surface area contributed by atoms with Gasteiger partial charge in [-0.2, -0.15) is 0 Å². The van der Waals surface area contributed by atoms with Gasteiger partial charge >= 0.3 is 0 Å². The summed E-state index contributed by atoms with van der Waals surface area (Å²) in [6.45, 7) is 4.47. The quantitative estimate of drug-likeness (QED) is 0.562. The van der Waals surface area contributed by atoms with E-state index in [2.05, 4.69) is 0 Å². The fourth-order valence-electron chi connectivity index (χ4n) is 4.86. The van der Waals surface area contributed by atoms with Crippen LogP contribution in [0.3, 0.4) is 0 Å². The van der Waals surface area contributed by atoms with Gasteiger partial charge in [-0.1, -0.05) is 42.5 Å². The molecule has 5 rings (SSSR count). The number of fused-ring (bicyclic) bond motifs is 2. The number of hydrogen-bond acceptors (Lipinski definition) is 5. The van der Waals surface area contributed by atoms with Crippen molar-refractivity contribution in [2.24, 2.45) is 0 Å². The summed E-state index contributed by atoms with van der Waals surface area (Å²) < 4.78 is 32.8. The molecule has 1 spiro atoms. The number of benzene rings is 3. The number of rotatable bonds is 5. The molecule has 0 unspecified atom stereocenters. The normalized spacial score (nSPS) is 20.8. The Balaban J connectivity index is 1.69. The van der Waals surface area contributed by atoms with E-state index >= 15 is 0 Å². The van der Waals surface area contributed by atoms with Gasteiger partial charge in [0.2, 0.25) is 5.91 Å². The van der Waals surface area contributed by atoms with E-state index in [0.717, 1.165) is 16.0 Å². The van der Waals surface area contributed by atoms with Crippen LogP contribution in [0.5, 0.6) is 5.75 Å². The van der Waals surface area contributed by atoms with Gasteiger partial charge in [-0.05, 0) is 55.3 Å². The molecule has 34 heavy (non-hydrogen) atoms. The number of carbonyl (C=O) groups excluding carboxylic acids is 2. The van der Waals surface area contributed by atoms with E-state index in [4.69, 9.17) is 4.74 Å². The lowest BCUT2D eigenvalue weighted by molar-refractivity contribution is -0.123. The van der Waals surface area contributed by atoms with E-state index in [1.807, 2.05) is 38.1 Å². The highest BCUT2D eigenvalue weighted by atomic mass is 32.2. The van der Waals surface area contributed by atoms with Crippen LogP contribution in [0.1, 0.15) is 23.6 Å². The van der Waals surface area contributed by atoms with Crippen molar-refractivity contribution in [3.05, 3.63) is 89.5 Å². The first-order valence-electron chi connectivity index (χ1n) is 11.1. The van der Waals surface area contributed by atoms with Gasteiger partial charge in [-0.15, -0.1) is 0 Å². The summed E-state index contributed by atoms with van der Waals surface area (Å²) in [5.41, 5.74) is 3.01. The number of sulfone groups is 1. The van der Waals surface area contributed by atoms with E-state index in [0.29, 0.717) is 29.3 Å². The second-order valence-electron chi connectivity index (χ2n) is 8.39. The Hall–Kier alpha value is -3.65. The first kappa shape index (κ1) is 22.2. The zero-order valence-electron chi connectivity index (χ0n) is 18.9. The highest BCUT2D eigenvalue weighted by Crippen LogP contribution is 2.52. The number of carbonyl (C=O) groups is 2. The topological polar surface area (TPSA) is 84.0 Å². The summed E-state index contributed by atoms with van der Waals surface area (Å²) in [5, 5.41) is 0. The molecule has 0 bridgehead atoms. The van der Waals surface area contributed by atoms with Crippen molar-refractivity contribution < 1.29 is 22.7 Å². The van der Waals surface area contributed by atoms with Crippen LogP contribution >= 0.6 is 0 Å². The lowest BCUT2D eigenvalue weighted by Gasteiger charge is -2.32. The summed E-state index contributed by atoms with van der Waals surface area (Å²) in [6.07, 6.45) is 0. The molecule has 0 aromatic heterocycles. The van der Waals surface area contributed by atoms with Crippen molar-refractivity contribution in [3.63, 3.8) is 0 Å². The maximum absolute atomic E-state index is 14.1. The molecule has 8 heteroatoms. The third-order valence-corrected chi connectivity index (χ3v) is 8.52. The van der Waals surface area contributed by atoms with Gasteiger partial charge < -0.3 is 9.64 Å². The summed E-state index contributed by atoms with van der Waals surface area (Å²) in [4.78, 5) is 27.8. The van der Waals surface area contributed by atoms with Gasteiger partial charge in [-0.25, -0.2) is 8.42 Å². The second kappa shape index (κ2) is 7.99. The van der Waals surface area contributed by atoms with Gasteiger partial charge in [0.15, 0.2) is 9.84 Å². The molecule has 2 aliphatic heterocycles. The Morgan fingerprint density at radius 2 is 1.62 bits per heavy atom. The first-order valence-corrected chi connectivity index (χ1v) is 12.7. The van der Waals surface area contributed by atoms with Crippen molar-refractivity contribution >= 4 is 33.0 Å². The molecule has 3 aromatic carbocycles. The average Bonchev–Trinajstić information content (AvgIpc) is 3.19. The zero-order chi connectivity index (χ0) is 24.1. The van der Waals surface area contributed by atoms with Crippen molar-refractivity contribution in [1.29, 1.82) is 0 Å². The molecule has 0 saturated carbocycles. The van der Waals surface area contributed by atoms with Crippen LogP contribution in [-0.4, -0.2) is 32.6 Å². The number of amides is 2. The van der Waals surface area contributed by atoms with Gasteiger partial charge in [0.05, 0.1) is 18.8 Å². The largest absolute Gasteiger partial charge is 0.494 e. The molecule has 1 fully saturated rings. The van der Waals surface area contributed by atoms with Crippen LogP contribution in [0.4, 0.5) is 11.4 Å². The second-order valence-corrected chi connectivity index (χ2v) is 10.5. The molecular weight excluding hydrogens is 452 g/mol. The maximum atomic E-state index is 14.1. The Labute approximate surface area is 198 Å². The highest BCUT2D eigenvalue weighted by molar-refractivity contribution is 7.94. The third kappa shape index (κ3) is 3.05. The van der Waals surface area contributed by atoms with Gasteiger partial charge in [0.1, 0.15) is 11.5 Å². The van der Waals surface area contributed by atoms with Crippen molar-refractivity contribution in [2.75, 3.05) is 22.2 Å². The van der Waals surface area contributed by atoms with Gasteiger partial charge in [0, 0.05) is 11.3 Å². The van der Waals surface area contributed by atoms with Crippen molar-refractivity contribution in [2.45, 2.75) is 25.3 Å². The van der Waals surface area contributed by atoms with Crippen LogP contribution < -0.4 is 14.5 Å². The lowest BCUT2D eigenvalue weighted by atomic mass is 10.0. The number of hydrogen-bond donors (Lipinski definition) is 0. The van der Waals surface area contributed by atoms with Crippen LogP contribution in [0.2, 0.25) is 0 Å². The minimum Gasteiger partial charge on any atom is -0.494 e. The standard InChI is InChI=1S/C26H24N2O5S/c1-3-33-21-14-12-20(13-15-21)28-24(29)17-34(31,32)26(28)22-10-6-7-11-23(22)27(25(26)30)16-19-9-5-4-8-18(19)2/h4-15H,3,16-17H2,1-2H3/t26-/m1/s1. The van der Waals surface area contributed by atoms with Gasteiger partial charge in [0.25, 0.3) is 10.8 Å². The average molecular weight is 477 g/mol. The highest BCUT2D eigenvalue weighted by Gasteiger charge is 2.69. The third-order valence-electron chi connectivity index (χ3n) is 6.42. The molecule has 3 aromatic rings. The van der Waals surface area contributed by atoms with Crippen LogP contribution in [-0.2, 0) is 30.8 Å². The SMILES string of the molecule is CCOc1ccc(N2C(=O)CS(=O)(=O)[C@]23C(=O)N(Cc2ccccc2C)c2ccccc23)cc1. The number of ether oxygens (including phenoxy) is 1. The Bertz CT molecular complexity index is 1400. The molecule has 0 radical (unpaired) electrons. The van der Waals surface area contributed by atoms with E-state index in [-0.39, 0.29) is 6.54 Å². The van der Waals surface area contributed by atoms with Crippen LogP contribution in [0, 0.1) is 6.92 Å². The summed E-state index contributed by atoms with van der Waals surface area (Å²) in [5.74, 6) is -1.42. The number of aryl methyl sites for hydroxylation is 1. The van der Waals surface area contributed by atoms with Crippen molar-refractivity contribution in [1.82, 2.24) is 0 Å². The number of para-hydroxylation sites is 1. The van der Waals surface area contributed by atoms with E-state index in [9.17, 15) is 18.0 Å². The Kier molecular flexibility index (Phi) is 5.20. The molecule has 1 atom stereocenters. The minimum absolute atomic E-state index is 0.200. The molecule has 1 saturated heterocycles. The maximum Gasteiger partial charge on any atom is 0.274 e. The molecule has 2 heterocycles. The monoisotopic (exact) mass is 476 g/mol. The fraction of sp³-hybridized carbons (Fsp3) is 0.231. The number of nitrogens with zero attached hydrogens (tertiary/aromatic N) is 2. The molecule has 7 nitrogen and oxygen atoms in total. The minimum atomic E-state index is -4.20. The summed E-state index contributed by atoms with van der Waals surface area (Å²) >= 11 is 0. The first-order chi connectivity index (χ1) is 16.3. The van der Waals surface area contributed by atoms with Crippen LogP contribution in [0.15, 0.2) is 72.8 Å². The summed E-state index contributed by atoms with van der Waals surface area (Å²) in [7, 11) is -4.20. The predicted molar refractivity (Wildman–Crippen MR) is 129 cm³/mol. The summed E-state index contributed by atoms with van der Waals surface area (Å²) in [6, 6.07) is 21.0. The Morgan fingerprint density at radius 1 is 0.941 bits per heavy atom. The predicted octanol–water partition coefficient (Wildman–Crippen LogP) is 3.55. The fourth-order valence-corrected chi connectivity index (χ4v) is 6.90. The van der Waals surface area contributed by atoms with Crippen LogP contribution in [0.25, 0.3) is 0 Å². The Morgan fingerprint density at radius 3 is 2.32 bits per heavy atom. The van der Waals surface area contributed by atoms with E-state index < -0.39 is 32.3 Å². The van der Waals surface area contributed by atoms with E-state index in [1.54, 1.807) is 48.5 Å². The molecule has 0 N–H and O–H groups in total. The molecule has 2 amide bonds. The molecular formula is C26H24N2O5S. The van der Waals surface area contributed by atoms with E-state index in [1.165, 1.54) is 4.90 Å².